The van der Waals surface area contributed by atoms with Crippen LogP contribution in [0.3, 0.4) is 0 Å². The molecular weight excluding hydrogens is 426 g/mol. The minimum absolute atomic E-state index is 0.132. The highest BCUT2D eigenvalue weighted by atomic mass is 19.4. The number of aliphatic hydroxyl groups is 1. The highest BCUT2D eigenvalue weighted by Gasteiger charge is 2.59. The zero-order valence-corrected chi connectivity index (χ0v) is 15.3. The smallest absolute Gasteiger partial charge is 0.428 e. The summed E-state index contributed by atoms with van der Waals surface area (Å²) in [5.41, 5.74) is -0.411. The lowest BCUT2D eigenvalue weighted by atomic mass is 10.1. The molecule has 1 unspecified atom stereocenters. The molecule has 8 nitrogen and oxygen atoms in total. The number of aromatic nitrogens is 3. The first-order chi connectivity index (χ1) is 13.8. The maximum absolute atomic E-state index is 13.5. The Morgan fingerprint density at radius 3 is 2.53 bits per heavy atom. The number of ether oxygens (including phenoxy) is 2. The first-order valence-electron chi connectivity index (χ1n) is 8.58. The molecule has 3 heterocycles. The van der Waals surface area contributed by atoms with Gasteiger partial charge in [-0.15, -0.1) is 10.2 Å². The number of rotatable bonds is 0. The van der Waals surface area contributed by atoms with E-state index in [1.165, 1.54) is 6.92 Å². The number of pyridine rings is 1. The Hall–Kier alpha value is -2.61. The van der Waals surface area contributed by atoms with Crippen molar-refractivity contribution < 1.29 is 45.3 Å². The van der Waals surface area contributed by atoms with Crippen LogP contribution in [-0.2, 0) is 16.5 Å². The first-order valence-corrected chi connectivity index (χ1v) is 8.58. The van der Waals surface area contributed by atoms with Crippen molar-refractivity contribution in [1.82, 2.24) is 15.2 Å². The third-order valence-corrected chi connectivity index (χ3v) is 4.30. The second-order valence-corrected chi connectivity index (χ2v) is 6.67. The van der Waals surface area contributed by atoms with Crippen LogP contribution < -0.4 is 10.5 Å². The van der Waals surface area contributed by atoms with Crippen molar-refractivity contribution in [2.75, 3.05) is 18.9 Å². The Morgan fingerprint density at radius 2 is 1.90 bits per heavy atom. The zero-order valence-electron chi connectivity index (χ0n) is 15.3. The molecule has 166 valence electrons. The summed E-state index contributed by atoms with van der Waals surface area (Å²) in [6.45, 7) is -0.00520. The SMILES string of the molecule is C[C@@H]1CCCOCC(O)(C(F)(F)F)c2nnc(o2)-c2nc(c(C(F)(F)F)cc2N)O1. The summed E-state index contributed by atoms with van der Waals surface area (Å²) < 4.78 is 95.6. The van der Waals surface area contributed by atoms with Crippen LogP contribution in [-0.4, -0.2) is 45.8 Å². The fourth-order valence-electron chi connectivity index (χ4n) is 2.67. The van der Waals surface area contributed by atoms with Crippen molar-refractivity contribution in [2.45, 2.75) is 43.8 Å². The van der Waals surface area contributed by atoms with Crippen LogP contribution in [0.4, 0.5) is 32.0 Å². The van der Waals surface area contributed by atoms with Crippen LogP contribution in [0, 0.1) is 0 Å². The van der Waals surface area contributed by atoms with E-state index in [1.807, 2.05) is 0 Å². The van der Waals surface area contributed by atoms with Gasteiger partial charge >= 0.3 is 12.4 Å². The summed E-state index contributed by atoms with van der Waals surface area (Å²) >= 11 is 0. The number of nitrogen functional groups attached to an aromatic ring is 1. The molecule has 14 heteroatoms. The monoisotopic (exact) mass is 442 g/mol. The Balaban J connectivity index is 2.17. The molecule has 0 fully saturated rings. The van der Waals surface area contributed by atoms with Crippen LogP contribution in [0.1, 0.15) is 31.2 Å². The van der Waals surface area contributed by atoms with Gasteiger partial charge in [-0.05, 0) is 25.8 Å². The fraction of sp³-hybridized carbons (Fsp3) is 0.562. The predicted octanol–water partition coefficient (Wildman–Crippen LogP) is 3.06. The minimum Gasteiger partial charge on any atom is -0.474 e. The van der Waals surface area contributed by atoms with E-state index in [0.717, 1.165) is 0 Å². The second-order valence-electron chi connectivity index (χ2n) is 6.67. The van der Waals surface area contributed by atoms with Gasteiger partial charge in [-0.25, -0.2) is 4.98 Å². The second kappa shape index (κ2) is 7.58. The van der Waals surface area contributed by atoms with Crippen LogP contribution in [0.2, 0.25) is 0 Å². The third kappa shape index (κ3) is 4.14. The molecule has 0 radical (unpaired) electrons. The molecule has 0 aromatic carbocycles. The maximum Gasteiger partial charge on any atom is 0.428 e. The third-order valence-electron chi connectivity index (χ3n) is 4.30. The molecule has 1 aliphatic heterocycles. The van der Waals surface area contributed by atoms with Crippen molar-refractivity contribution in [3.05, 3.63) is 17.5 Å². The first kappa shape index (κ1) is 22.1. The molecule has 0 saturated heterocycles. The van der Waals surface area contributed by atoms with Gasteiger partial charge in [0.1, 0.15) is 5.56 Å². The Bertz CT molecular complexity index is 916. The van der Waals surface area contributed by atoms with Crippen LogP contribution in [0.25, 0.3) is 11.6 Å². The molecule has 0 aliphatic carbocycles. The fourth-order valence-corrected chi connectivity index (χ4v) is 2.67. The van der Waals surface area contributed by atoms with Crippen molar-refractivity contribution in [2.24, 2.45) is 0 Å². The summed E-state index contributed by atoms with van der Waals surface area (Å²) in [5, 5.41) is 16.7. The van der Waals surface area contributed by atoms with Crippen molar-refractivity contribution in [3.63, 3.8) is 0 Å². The largest absolute Gasteiger partial charge is 0.474 e. The molecule has 2 atom stereocenters. The average molecular weight is 442 g/mol. The van der Waals surface area contributed by atoms with Crippen LogP contribution >= 0.6 is 0 Å². The molecule has 0 amide bonds. The van der Waals surface area contributed by atoms with Gasteiger partial charge in [0.15, 0.2) is 5.69 Å². The normalized spacial score (nSPS) is 23.5. The van der Waals surface area contributed by atoms with Crippen molar-refractivity contribution in [1.29, 1.82) is 0 Å². The van der Waals surface area contributed by atoms with Crippen molar-refractivity contribution in [3.8, 4) is 17.5 Å². The van der Waals surface area contributed by atoms with Gasteiger partial charge in [-0.1, -0.05) is 0 Å². The highest BCUT2D eigenvalue weighted by Crippen LogP contribution is 2.42. The van der Waals surface area contributed by atoms with E-state index >= 15 is 0 Å². The molecule has 0 saturated carbocycles. The Kier molecular flexibility index (Phi) is 5.58. The van der Waals surface area contributed by atoms with Gasteiger partial charge in [0.25, 0.3) is 17.4 Å². The van der Waals surface area contributed by atoms with Crippen molar-refractivity contribution >= 4 is 5.69 Å². The van der Waals surface area contributed by atoms with E-state index in [-0.39, 0.29) is 19.4 Å². The maximum atomic E-state index is 13.5. The number of nitrogens with two attached hydrogens (primary N) is 1. The van der Waals surface area contributed by atoms with Crippen LogP contribution in [0.15, 0.2) is 10.5 Å². The lowest BCUT2D eigenvalue weighted by Gasteiger charge is -2.26. The average Bonchev–Trinajstić information content (AvgIpc) is 3.10. The number of hydrogen-bond donors (Lipinski definition) is 2. The van der Waals surface area contributed by atoms with E-state index in [1.54, 1.807) is 0 Å². The predicted molar refractivity (Wildman–Crippen MR) is 87.0 cm³/mol. The van der Waals surface area contributed by atoms with Gasteiger partial charge in [0.05, 0.1) is 18.4 Å². The lowest BCUT2D eigenvalue weighted by Crippen LogP contribution is -2.46. The standard InChI is InChI=1S/C16H16F6N4O4/c1-7-3-2-4-28-6-14(27,16(20,21)22)13-26-25-12(30-13)10-9(23)5-8(15(17,18)19)11(24-10)29-7/h5,7,27H,2-4,6,23H2,1H3/t7-,14?/m1/s1. The molecule has 3 rings (SSSR count). The number of nitrogens with zero attached hydrogens (tertiary/aromatic N) is 3. The van der Waals surface area contributed by atoms with E-state index in [0.29, 0.717) is 6.07 Å². The quantitative estimate of drug-likeness (QED) is 0.598. The Morgan fingerprint density at radius 1 is 1.20 bits per heavy atom. The molecular formula is C16H16F6N4O4. The molecule has 30 heavy (non-hydrogen) atoms. The number of hydrogen-bond acceptors (Lipinski definition) is 8. The van der Waals surface area contributed by atoms with Gasteiger partial charge in [-0.2, -0.15) is 26.3 Å². The summed E-state index contributed by atoms with van der Waals surface area (Å²) in [7, 11) is 0. The minimum atomic E-state index is -5.24. The summed E-state index contributed by atoms with van der Waals surface area (Å²) in [4.78, 5) is 3.67. The number of fused-ring (bicyclic) bond motifs is 5. The molecule has 2 aromatic rings. The number of alkyl halides is 6. The van der Waals surface area contributed by atoms with E-state index in [9.17, 15) is 31.4 Å². The van der Waals surface area contributed by atoms with Gasteiger partial charge < -0.3 is 24.7 Å². The Labute approximate surface area is 165 Å². The lowest BCUT2D eigenvalue weighted by molar-refractivity contribution is -0.289. The molecule has 1 aliphatic rings. The van der Waals surface area contributed by atoms with E-state index < -0.39 is 65.3 Å². The number of halogens is 6. The van der Waals surface area contributed by atoms with Crippen LogP contribution in [0.5, 0.6) is 5.88 Å². The van der Waals surface area contributed by atoms with Gasteiger partial charge in [0, 0.05) is 6.61 Å². The highest BCUT2D eigenvalue weighted by molar-refractivity contribution is 5.68. The van der Waals surface area contributed by atoms with Gasteiger partial charge in [-0.3, -0.25) is 0 Å². The van der Waals surface area contributed by atoms with Gasteiger partial charge in [0.2, 0.25) is 5.88 Å². The van der Waals surface area contributed by atoms with E-state index in [2.05, 4.69) is 15.2 Å². The molecule has 0 spiro atoms. The summed E-state index contributed by atoms with van der Waals surface area (Å²) in [6, 6.07) is 0.513. The summed E-state index contributed by atoms with van der Waals surface area (Å²) in [6.07, 6.45) is -10.6. The molecule has 4 bridgehead atoms. The molecule has 3 N–H and O–H groups in total. The molecule has 2 aromatic heterocycles. The van der Waals surface area contributed by atoms with E-state index in [4.69, 9.17) is 19.6 Å². The topological polar surface area (TPSA) is 117 Å². The summed E-state index contributed by atoms with van der Waals surface area (Å²) in [5.74, 6) is -2.84. The zero-order chi connectivity index (χ0) is 22.3. The number of anilines is 1.